The van der Waals surface area contributed by atoms with Gasteiger partial charge in [0.1, 0.15) is 11.9 Å². The first-order valence-electron chi connectivity index (χ1n) is 9.19. The van der Waals surface area contributed by atoms with Gasteiger partial charge in [0.15, 0.2) is 0 Å². The van der Waals surface area contributed by atoms with Crippen LogP contribution in [0, 0.1) is 6.92 Å². The first kappa shape index (κ1) is 17.7. The van der Waals surface area contributed by atoms with Gasteiger partial charge in [0.05, 0.1) is 15.9 Å². The van der Waals surface area contributed by atoms with E-state index in [-0.39, 0.29) is 17.9 Å². The van der Waals surface area contributed by atoms with Gasteiger partial charge in [-0.3, -0.25) is 9.59 Å². The number of benzene rings is 1. The fraction of sp³-hybridized carbons (Fsp3) is 0.350. The molecule has 140 valence electrons. The molecule has 7 heteroatoms. The first-order valence-corrected chi connectivity index (χ1v) is 10.1. The van der Waals surface area contributed by atoms with Crippen LogP contribution in [0.25, 0.3) is 11.0 Å². The van der Waals surface area contributed by atoms with Gasteiger partial charge in [-0.1, -0.05) is 18.2 Å². The van der Waals surface area contributed by atoms with Crippen LogP contribution in [0.3, 0.4) is 0 Å². The lowest BCUT2D eigenvalue weighted by atomic mass is 10.2. The zero-order valence-corrected chi connectivity index (χ0v) is 16.0. The van der Waals surface area contributed by atoms with Gasteiger partial charge < -0.3 is 14.8 Å². The van der Waals surface area contributed by atoms with Crippen molar-refractivity contribution in [3.8, 4) is 0 Å². The second-order valence-electron chi connectivity index (χ2n) is 6.72. The van der Waals surface area contributed by atoms with Crippen LogP contribution in [-0.4, -0.2) is 45.4 Å². The number of nitrogens with one attached hydrogen (secondary N) is 1. The zero-order valence-electron chi connectivity index (χ0n) is 15.2. The van der Waals surface area contributed by atoms with Crippen LogP contribution in [0.15, 0.2) is 41.8 Å². The quantitative estimate of drug-likeness (QED) is 0.738. The Morgan fingerprint density at radius 3 is 2.93 bits per heavy atom. The number of likely N-dealkylation sites (tertiary alicyclic amines) is 1. The molecule has 1 aliphatic heterocycles. The maximum atomic E-state index is 12.7. The summed E-state index contributed by atoms with van der Waals surface area (Å²) in [6.45, 7) is 3.78. The molecule has 1 fully saturated rings. The Morgan fingerprint density at radius 1 is 1.26 bits per heavy atom. The lowest BCUT2D eigenvalue weighted by molar-refractivity contribution is -0.124. The number of aryl methyl sites for hydroxylation is 1. The van der Waals surface area contributed by atoms with Crippen LogP contribution in [0.5, 0.6) is 0 Å². The van der Waals surface area contributed by atoms with Crippen LogP contribution < -0.4 is 5.32 Å². The maximum Gasteiger partial charge on any atom is 0.264 e. The van der Waals surface area contributed by atoms with E-state index in [1.54, 1.807) is 4.90 Å². The van der Waals surface area contributed by atoms with Crippen molar-refractivity contribution in [2.24, 2.45) is 0 Å². The number of carbonyl (C=O) groups excluding carboxylic acids is 2. The largest absolute Gasteiger partial charge is 0.353 e. The van der Waals surface area contributed by atoms with E-state index in [9.17, 15) is 9.59 Å². The molecule has 0 bridgehead atoms. The molecular weight excluding hydrogens is 360 g/mol. The summed E-state index contributed by atoms with van der Waals surface area (Å²) < 4.78 is 2.11. The minimum absolute atomic E-state index is 0.0425. The van der Waals surface area contributed by atoms with E-state index >= 15 is 0 Å². The lowest BCUT2D eigenvalue weighted by Crippen LogP contribution is -2.46. The second-order valence-corrected chi connectivity index (χ2v) is 7.67. The molecule has 3 heterocycles. The topological polar surface area (TPSA) is 67.2 Å². The molecule has 0 spiro atoms. The summed E-state index contributed by atoms with van der Waals surface area (Å²) in [6, 6.07) is 11.3. The highest BCUT2D eigenvalue weighted by Gasteiger charge is 2.34. The average Bonchev–Trinajstić information content (AvgIpc) is 3.41. The van der Waals surface area contributed by atoms with Crippen molar-refractivity contribution in [3.05, 3.63) is 52.5 Å². The molecule has 1 atom stereocenters. The zero-order chi connectivity index (χ0) is 18.8. The van der Waals surface area contributed by atoms with E-state index < -0.39 is 0 Å². The van der Waals surface area contributed by atoms with Crippen molar-refractivity contribution in [2.75, 3.05) is 13.1 Å². The molecule has 4 rings (SSSR count). The third-order valence-electron chi connectivity index (χ3n) is 5.03. The number of rotatable bonds is 5. The van der Waals surface area contributed by atoms with E-state index in [0.29, 0.717) is 24.5 Å². The highest BCUT2D eigenvalue weighted by Crippen LogP contribution is 2.22. The number of hydrogen-bond acceptors (Lipinski definition) is 4. The molecule has 3 aromatic rings. The van der Waals surface area contributed by atoms with Gasteiger partial charge in [0.2, 0.25) is 5.91 Å². The molecule has 0 saturated carbocycles. The van der Waals surface area contributed by atoms with E-state index in [4.69, 9.17) is 0 Å². The Hall–Kier alpha value is -2.67. The van der Waals surface area contributed by atoms with Gasteiger partial charge in [-0.05, 0) is 43.3 Å². The molecule has 2 amide bonds. The number of amides is 2. The lowest BCUT2D eigenvalue weighted by Gasteiger charge is -2.23. The Bertz CT molecular complexity index is 964. The molecule has 0 radical (unpaired) electrons. The Morgan fingerprint density at radius 2 is 2.11 bits per heavy atom. The van der Waals surface area contributed by atoms with Gasteiger partial charge in [0.25, 0.3) is 5.91 Å². The fourth-order valence-corrected chi connectivity index (χ4v) is 4.39. The summed E-state index contributed by atoms with van der Waals surface area (Å²) in [4.78, 5) is 32.2. The number of imidazole rings is 1. The summed E-state index contributed by atoms with van der Waals surface area (Å²) in [5.41, 5.74) is 2.03. The van der Waals surface area contributed by atoms with Crippen LogP contribution in [-0.2, 0) is 11.3 Å². The number of nitrogens with zero attached hydrogens (tertiary/aromatic N) is 3. The molecule has 0 aliphatic carbocycles. The number of fused-ring (bicyclic) bond motifs is 1. The number of para-hydroxylation sites is 2. The molecule has 1 saturated heterocycles. The van der Waals surface area contributed by atoms with Crippen molar-refractivity contribution in [1.82, 2.24) is 19.8 Å². The standard InChI is InChI=1S/C20H22N4O2S/c1-14-22-15-6-2-3-7-16(15)23(14)12-10-21-19(25)17-8-4-11-24(17)20(26)18-9-5-13-27-18/h2-3,5-7,9,13,17H,4,8,10-12H2,1H3,(H,21,25)/t17-/m0/s1. The predicted octanol–water partition coefficient (Wildman–Crippen LogP) is 2.83. The summed E-state index contributed by atoms with van der Waals surface area (Å²) in [7, 11) is 0. The summed E-state index contributed by atoms with van der Waals surface area (Å²) in [5.74, 6) is 0.819. The van der Waals surface area contributed by atoms with Crippen LogP contribution in [0.2, 0.25) is 0 Å². The number of carbonyl (C=O) groups is 2. The Labute approximate surface area is 161 Å². The highest BCUT2D eigenvalue weighted by atomic mass is 32.1. The van der Waals surface area contributed by atoms with Crippen LogP contribution in [0.1, 0.15) is 28.3 Å². The van der Waals surface area contributed by atoms with Crippen LogP contribution in [0.4, 0.5) is 0 Å². The Kier molecular flexibility index (Phi) is 4.94. The number of thiophene rings is 1. The van der Waals surface area contributed by atoms with E-state index in [1.165, 1.54) is 11.3 Å². The Balaban J connectivity index is 1.39. The smallest absolute Gasteiger partial charge is 0.264 e. The second kappa shape index (κ2) is 7.52. The minimum atomic E-state index is -0.375. The molecule has 0 unspecified atom stereocenters. The SMILES string of the molecule is Cc1nc2ccccc2n1CCNC(=O)[C@@H]1CCCN1C(=O)c1cccs1. The minimum Gasteiger partial charge on any atom is -0.353 e. The summed E-state index contributed by atoms with van der Waals surface area (Å²) >= 11 is 1.42. The molecule has 6 nitrogen and oxygen atoms in total. The predicted molar refractivity (Wildman–Crippen MR) is 106 cm³/mol. The maximum absolute atomic E-state index is 12.7. The van der Waals surface area contributed by atoms with Gasteiger partial charge in [0, 0.05) is 19.6 Å². The fourth-order valence-electron chi connectivity index (χ4n) is 3.71. The monoisotopic (exact) mass is 382 g/mol. The van der Waals surface area contributed by atoms with Crippen LogP contribution >= 0.6 is 11.3 Å². The highest BCUT2D eigenvalue weighted by molar-refractivity contribution is 7.12. The average molecular weight is 382 g/mol. The van der Waals surface area contributed by atoms with Crippen molar-refractivity contribution >= 4 is 34.2 Å². The van der Waals surface area contributed by atoms with Gasteiger partial charge in [-0.25, -0.2) is 4.98 Å². The molecular formula is C20H22N4O2S. The van der Waals surface area contributed by atoms with E-state index in [2.05, 4.69) is 14.9 Å². The molecule has 27 heavy (non-hydrogen) atoms. The van der Waals surface area contributed by atoms with Crippen molar-refractivity contribution in [1.29, 1.82) is 0 Å². The normalized spacial score (nSPS) is 16.8. The van der Waals surface area contributed by atoms with E-state index in [1.807, 2.05) is 48.7 Å². The molecule has 1 aliphatic rings. The van der Waals surface area contributed by atoms with E-state index in [0.717, 1.165) is 29.7 Å². The van der Waals surface area contributed by atoms with Crippen molar-refractivity contribution in [3.63, 3.8) is 0 Å². The third kappa shape index (κ3) is 3.47. The first-order chi connectivity index (χ1) is 13.1. The molecule has 2 aromatic heterocycles. The van der Waals surface area contributed by atoms with Crippen molar-refractivity contribution < 1.29 is 9.59 Å². The van der Waals surface area contributed by atoms with Gasteiger partial charge in [-0.15, -0.1) is 11.3 Å². The van der Waals surface area contributed by atoms with Gasteiger partial charge in [-0.2, -0.15) is 0 Å². The third-order valence-corrected chi connectivity index (χ3v) is 5.89. The number of aromatic nitrogens is 2. The van der Waals surface area contributed by atoms with Gasteiger partial charge >= 0.3 is 0 Å². The number of hydrogen-bond donors (Lipinski definition) is 1. The van der Waals surface area contributed by atoms with Crippen molar-refractivity contribution in [2.45, 2.75) is 32.4 Å². The summed E-state index contributed by atoms with van der Waals surface area (Å²) in [6.07, 6.45) is 1.58. The summed E-state index contributed by atoms with van der Waals surface area (Å²) in [5, 5.41) is 4.89. The molecule has 1 N–H and O–H groups in total. The molecule has 1 aromatic carbocycles.